The summed E-state index contributed by atoms with van der Waals surface area (Å²) in [5, 5.41) is 7.68. The van der Waals surface area contributed by atoms with E-state index in [4.69, 9.17) is 10.1 Å². The van der Waals surface area contributed by atoms with Crippen LogP contribution in [0, 0.1) is 11.3 Å². The van der Waals surface area contributed by atoms with Crippen LogP contribution in [0.15, 0.2) is 24.4 Å². The second kappa shape index (κ2) is 4.88. The van der Waals surface area contributed by atoms with Crippen molar-refractivity contribution in [2.24, 2.45) is 5.92 Å². The summed E-state index contributed by atoms with van der Waals surface area (Å²) in [4.78, 5) is 15.3. The summed E-state index contributed by atoms with van der Waals surface area (Å²) in [7, 11) is 0. The van der Waals surface area contributed by atoms with Gasteiger partial charge in [-0.05, 0) is 30.9 Å². The molecule has 4 nitrogen and oxygen atoms in total. The molecule has 2 rings (SSSR count). The molecule has 0 unspecified atom stereocenters. The maximum atomic E-state index is 11.3. The first-order valence-corrected chi connectivity index (χ1v) is 5.40. The quantitative estimate of drug-likeness (QED) is 0.605. The fourth-order valence-corrected chi connectivity index (χ4v) is 1.38. The first kappa shape index (κ1) is 10.8. The number of nitrogens with zero attached hydrogens (tertiary/aromatic N) is 1. The van der Waals surface area contributed by atoms with Crippen molar-refractivity contribution in [3.63, 3.8) is 0 Å². The van der Waals surface area contributed by atoms with Crippen molar-refractivity contribution in [1.29, 1.82) is 5.41 Å². The Balaban J connectivity index is 1.77. The van der Waals surface area contributed by atoms with Crippen molar-refractivity contribution in [2.45, 2.75) is 19.3 Å². The van der Waals surface area contributed by atoms with Crippen LogP contribution in [-0.4, -0.2) is 23.3 Å². The third-order valence-electron chi connectivity index (χ3n) is 2.50. The molecule has 0 aromatic carbocycles. The number of pyridine rings is 1. The van der Waals surface area contributed by atoms with Gasteiger partial charge >= 0.3 is 5.97 Å². The number of hydrogen-bond donors (Lipinski definition) is 1. The standard InChI is InChI=1S/C12H14N2O2/c13-10(11-3-1-2-6-14-11)8-16-12(15)7-9-4-5-9/h1-3,6,9,13H,4-5,7-8H2. The lowest BCUT2D eigenvalue weighted by atomic mass is 10.2. The molecule has 0 bridgehead atoms. The predicted octanol–water partition coefficient (Wildman–Crippen LogP) is 1.79. The number of esters is 1. The lowest BCUT2D eigenvalue weighted by molar-refractivity contribution is -0.142. The number of aromatic nitrogens is 1. The van der Waals surface area contributed by atoms with Crippen LogP contribution in [0.1, 0.15) is 25.0 Å². The molecule has 1 aromatic heterocycles. The number of carbonyl (C=O) groups excluding carboxylic acids is 1. The summed E-state index contributed by atoms with van der Waals surface area (Å²) in [5.41, 5.74) is 0.798. The molecular formula is C12H14N2O2. The summed E-state index contributed by atoms with van der Waals surface area (Å²) in [5.74, 6) is 0.319. The van der Waals surface area contributed by atoms with E-state index in [1.165, 1.54) is 0 Å². The highest BCUT2D eigenvalue weighted by atomic mass is 16.5. The molecule has 84 valence electrons. The molecule has 1 heterocycles. The normalized spacial score (nSPS) is 14.5. The Morgan fingerprint density at radius 2 is 2.31 bits per heavy atom. The van der Waals surface area contributed by atoms with Crippen LogP contribution in [-0.2, 0) is 9.53 Å². The number of hydrogen-bond acceptors (Lipinski definition) is 4. The van der Waals surface area contributed by atoms with Crippen LogP contribution in [0.2, 0.25) is 0 Å². The molecule has 0 amide bonds. The lowest BCUT2D eigenvalue weighted by Gasteiger charge is -2.05. The Labute approximate surface area is 94.2 Å². The van der Waals surface area contributed by atoms with Crippen LogP contribution in [0.25, 0.3) is 0 Å². The van der Waals surface area contributed by atoms with E-state index in [1.54, 1.807) is 18.3 Å². The molecule has 0 saturated heterocycles. The van der Waals surface area contributed by atoms with Gasteiger partial charge in [-0.3, -0.25) is 15.2 Å². The topological polar surface area (TPSA) is 63.0 Å². The van der Waals surface area contributed by atoms with E-state index in [9.17, 15) is 4.79 Å². The molecule has 1 aromatic rings. The average molecular weight is 218 g/mol. The van der Waals surface area contributed by atoms with Crippen LogP contribution in [0.3, 0.4) is 0 Å². The van der Waals surface area contributed by atoms with Crippen LogP contribution >= 0.6 is 0 Å². The van der Waals surface area contributed by atoms with E-state index in [-0.39, 0.29) is 18.3 Å². The Bertz CT molecular complexity index is 385. The molecule has 1 fully saturated rings. The fraction of sp³-hybridized carbons (Fsp3) is 0.417. The third-order valence-corrected chi connectivity index (χ3v) is 2.50. The van der Waals surface area contributed by atoms with Crippen molar-refractivity contribution in [1.82, 2.24) is 4.98 Å². The molecule has 0 spiro atoms. The van der Waals surface area contributed by atoms with Gasteiger partial charge in [0.25, 0.3) is 0 Å². The van der Waals surface area contributed by atoms with Gasteiger partial charge in [0.1, 0.15) is 6.61 Å². The first-order valence-electron chi connectivity index (χ1n) is 5.40. The van der Waals surface area contributed by atoms with Crippen molar-refractivity contribution in [3.8, 4) is 0 Å². The molecule has 0 atom stereocenters. The van der Waals surface area contributed by atoms with E-state index < -0.39 is 0 Å². The monoisotopic (exact) mass is 218 g/mol. The van der Waals surface area contributed by atoms with E-state index in [0.717, 1.165) is 12.8 Å². The maximum absolute atomic E-state index is 11.3. The molecule has 16 heavy (non-hydrogen) atoms. The van der Waals surface area contributed by atoms with Gasteiger partial charge in [-0.15, -0.1) is 0 Å². The zero-order valence-corrected chi connectivity index (χ0v) is 8.98. The fourth-order valence-electron chi connectivity index (χ4n) is 1.38. The van der Waals surface area contributed by atoms with Gasteiger partial charge < -0.3 is 4.74 Å². The molecule has 0 radical (unpaired) electrons. The highest BCUT2D eigenvalue weighted by Gasteiger charge is 2.25. The second-order valence-electron chi connectivity index (χ2n) is 4.00. The molecule has 0 aliphatic heterocycles. The van der Waals surface area contributed by atoms with Crippen LogP contribution in [0.4, 0.5) is 0 Å². The van der Waals surface area contributed by atoms with Crippen molar-refractivity contribution < 1.29 is 9.53 Å². The summed E-state index contributed by atoms with van der Waals surface area (Å²) >= 11 is 0. The SMILES string of the molecule is N=C(COC(=O)CC1CC1)c1ccccn1. The predicted molar refractivity (Wildman–Crippen MR) is 59.4 cm³/mol. The average Bonchev–Trinajstić information content (AvgIpc) is 3.11. The Kier molecular flexibility index (Phi) is 3.29. The van der Waals surface area contributed by atoms with Gasteiger partial charge in [0.15, 0.2) is 0 Å². The summed E-state index contributed by atoms with van der Waals surface area (Å²) in [6.45, 7) is 0.0164. The van der Waals surface area contributed by atoms with Gasteiger partial charge in [-0.25, -0.2) is 0 Å². The Hall–Kier alpha value is -1.71. The van der Waals surface area contributed by atoms with Gasteiger partial charge in [-0.1, -0.05) is 6.07 Å². The summed E-state index contributed by atoms with van der Waals surface area (Å²) in [6.07, 6.45) is 4.38. The highest BCUT2D eigenvalue weighted by Crippen LogP contribution is 2.32. The summed E-state index contributed by atoms with van der Waals surface area (Å²) in [6, 6.07) is 5.33. The number of nitrogens with one attached hydrogen (secondary N) is 1. The van der Waals surface area contributed by atoms with Gasteiger partial charge in [0.05, 0.1) is 11.4 Å². The summed E-state index contributed by atoms with van der Waals surface area (Å²) < 4.78 is 5.01. The Morgan fingerprint density at radius 3 is 2.94 bits per heavy atom. The number of carbonyl (C=O) groups is 1. The number of ether oxygens (including phenoxy) is 1. The molecule has 1 saturated carbocycles. The minimum Gasteiger partial charge on any atom is -0.459 e. The smallest absolute Gasteiger partial charge is 0.306 e. The highest BCUT2D eigenvalue weighted by molar-refractivity contribution is 5.98. The first-order chi connectivity index (χ1) is 7.75. The second-order valence-corrected chi connectivity index (χ2v) is 4.00. The van der Waals surface area contributed by atoms with E-state index in [2.05, 4.69) is 4.98 Å². The Morgan fingerprint density at radius 1 is 1.50 bits per heavy atom. The largest absolute Gasteiger partial charge is 0.459 e. The van der Waals surface area contributed by atoms with Gasteiger partial charge in [0, 0.05) is 12.6 Å². The van der Waals surface area contributed by atoms with Crippen LogP contribution in [0.5, 0.6) is 0 Å². The molecule has 1 aliphatic rings. The van der Waals surface area contributed by atoms with Gasteiger partial charge in [0.2, 0.25) is 0 Å². The van der Waals surface area contributed by atoms with E-state index in [0.29, 0.717) is 18.0 Å². The number of rotatable bonds is 5. The van der Waals surface area contributed by atoms with Crippen LogP contribution < -0.4 is 0 Å². The molecule has 1 aliphatic carbocycles. The zero-order chi connectivity index (χ0) is 11.4. The van der Waals surface area contributed by atoms with Crippen molar-refractivity contribution >= 4 is 11.7 Å². The zero-order valence-electron chi connectivity index (χ0n) is 8.98. The van der Waals surface area contributed by atoms with E-state index in [1.807, 2.05) is 6.07 Å². The minimum atomic E-state index is -0.205. The lowest BCUT2D eigenvalue weighted by Crippen LogP contribution is -2.15. The molecule has 4 heteroatoms. The minimum absolute atomic E-state index is 0.0164. The van der Waals surface area contributed by atoms with Crippen molar-refractivity contribution in [2.75, 3.05) is 6.61 Å². The van der Waals surface area contributed by atoms with Crippen molar-refractivity contribution in [3.05, 3.63) is 30.1 Å². The maximum Gasteiger partial charge on any atom is 0.306 e. The third kappa shape index (κ3) is 3.15. The van der Waals surface area contributed by atoms with Gasteiger partial charge in [-0.2, -0.15) is 0 Å². The molecular weight excluding hydrogens is 204 g/mol. The molecule has 1 N–H and O–H groups in total. The van der Waals surface area contributed by atoms with E-state index >= 15 is 0 Å².